The molecule has 0 saturated carbocycles. The lowest BCUT2D eigenvalue weighted by atomic mass is 10.1. The number of benzene rings is 1. The number of anilines is 1. The van der Waals surface area contributed by atoms with Crippen molar-refractivity contribution in [2.24, 2.45) is 5.11 Å². The van der Waals surface area contributed by atoms with E-state index in [1.54, 1.807) is 24.3 Å². The molecule has 1 aliphatic rings. The molecule has 0 amide bonds. The number of ether oxygens (including phenoxy) is 1. The van der Waals surface area contributed by atoms with Crippen molar-refractivity contribution in [1.82, 2.24) is 14.8 Å². The van der Waals surface area contributed by atoms with Crippen molar-refractivity contribution in [3.63, 3.8) is 0 Å². The van der Waals surface area contributed by atoms with Gasteiger partial charge < -0.3 is 20.3 Å². The Hall–Kier alpha value is -2.95. The van der Waals surface area contributed by atoms with Crippen LogP contribution < -0.4 is 5.32 Å². The molecule has 10 nitrogen and oxygen atoms in total. The van der Waals surface area contributed by atoms with Gasteiger partial charge in [0, 0.05) is 10.5 Å². The second-order valence-corrected chi connectivity index (χ2v) is 7.53. The molecule has 2 aromatic heterocycles. The monoisotopic (exact) mass is 447 g/mol. The lowest BCUT2D eigenvalue weighted by molar-refractivity contribution is -0.0549. The number of fused-ring (bicyclic) bond motifs is 1. The summed E-state index contributed by atoms with van der Waals surface area (Å²) in [5, 5.41) is 31.8. The molecule has 12 heteroatoms. The largest absolute Gasteiger partial charge is 0.394 e. The van der Waals surface area contributed by atoms with Crippen LogP contribution >= 0.6 is 11.6 Å². The molecule has 3 aromatic rings. The van der Waals surface area contributed by atoms with E-state index in [9.17, 15) is 14.6 Å². The van der Waals surface area contributed by atoms with Crippen molar-refractivity contribution in [1.29, 1.82) is 0 Å². The molecule has 1 fully saturated rings. The van der Waals surface area contributed by atoms with Crippen LogP contribution in [-0.2, 0) is 4.74 Å². The van der Waals surface area contributed by atoms with Gasteiger partial charge in [0.25, 0.3) is 0 Å². The molecule has 1 aromatic carbocycles. The van der Waals surface area contributed by atoms with E-state index in [1.165, 1.54) is 16.9 Å². The van der Waals surface area contributed by atoms with Gasteiger partial charge in [-0.05, 0) is 24.6 Å². The van der Waals surface area contributed by atoms with Crippen LogP contribution in [0.1, 0.15) is 24.8 Å². The number of nitrogens with zero attached hydrogens (tertiary/aromatic N) is 6. The minimum Gasteiger partial charge on any atom is -0.394 e. The molecular formula is C19H19ClFN7O3. The first-order valence-corrected chi connectivity index (χ1v) is 9.85. The quantitative estimate of drug-likeness (QED) is 0.229. The summed E-state index contributed by atoms with van der Waals surface area (Å²) >= 11 is 6.21. The van der Waals surface area contributed by atoms with Crippen molar-refractivity contribution >= 4 is 28.3 Å². The van der Waals surface area contributed by atoms with Crippen molar-refractivity contribution in [3.05, 3.63) is 63.5 Å². The number of azide groups is 1. The van der Waals surface area contributed by atoms with Crippen LogP contribution in [0.3, 0.4) is 0 Å². The highest BCUT2D eigenvalue weighted by Gasteiger charge is 2.45. The highest BCUT2D eigenvalue weighted by atomic mass is 35.5. The maximum Gasteiger partial charge on any atom is 0.179 e. The molecule has 0 radical (unpaired) electrons. The van der Waals surface area contributed by atoms with Gasteiger partial charge in [-0.3, -0.25) is 0 Å². The number of hydrogen-bond acceptors (Lipinski definition) is 7. The van der Waals surface area contributed by atoms with Crippen molar-refractivity contribution in [2.45, 2.75) is 37.4 Å². The zero-order valence-corrected chi connectivity index (χ0v) is 17.1. The third-order valence-corrected chi connectivity index (χ3v) is 5.42. The second-order valence-electron chi connectivity index (χ2n) is 7.14. The lowest BCUT2D eigenvalue weighted by Gasteiger charge is -2.18. The van der Waals surface area contributed by atoms with Gasteiger partial charge in [-0.1, -0.05) is 34.9 Å². The molecule has 0 aliphatic carbocycles. The molecule has 4 rings (SSSR count). The first-order chi connectivity index (χ1) is 14.9. The Morgan fingerprint density at radius 3 is 2.94 bits per heavy atom. The zero-order valence-electron chi connectivity index (χ0n) is 16.3. The van der Waals surface area contributed by atoms with Crippen molar-refractivity contribution in [2.75, 3.05) is 11.9 Å². The van der Waals surface area contributed by atoms with Crippen LogP contribution in [0.2, 0.25) is 5.15 Å². The molecule has 0 bridgehead atoms. The van der Waals surface area contributed by atoms with E-state index in [0.717, 1.165) is 0 Å². The van der Waals surface area contributed by atoms with E-state index in [2.05, 4.69) is 25.4 Å². The standard InChI is InChI=1S/C19H19ClFN7O3/c1-9(10-4-2-3-5-12(10)21)24-13-6-15(20)25-18-11(13)7-23-28(18)19-17(30)16(26-27-22)14(8-29)31-19/h2-7,9,14,16-17,19,29-30H,8H2,1H3,(H,24,25)/t9?,14-,16-,17-,19-/m1/s1. The van der Waals surface area contributed by atoms with Gasteiger partial charge in [0.1, 0.15) is 17.1 Å². The van der Waals surface area contributed by atoms with E-state index in [-0.39, 0.29) is 17.0 Å². The first-order valence-electron chi connectivity index (χ1n) is 9.48. The smallest absolute Gasteiger partial charge is 0.179 e. The van der Waals surface area contributed by atoms with Gasteiger partial charge in [-0.15, -0.1) is 0 Å². The summed E-state index contributed by atoms with van der Waals surface area (Å²) in [6.07, 6.45) is -1.69. The molecule has 31 heavy (non-hydrogen) atoms. The number of nitrogens with one attached hydrogen (secondary N) is 1. The molecule has 3 heterocycles. The van der Waals surface area contributed by atoms with Crippen molar-refractivity contribution in [3.8, 4) is 0 Å². The summed E-state index contributed by atoms with van der Waals surface area (Å²) in [6, 6.07) is 6.66. The number of rotatable bonds is 6. The molecule has 1 aliphatic heterocycles. The zero-order chi connectivity index (χ0) is 22.1. The van der Waals surface area contributed by atoms with Crippen LogP contribution in [-0.4, -0.2) is 49.8 Å². The Labute approximate surface area is 180 Å². The summed E-state index contributed by atoms with van der Waals surface area (Å²) in [6.45, 7) is 1.36. The molecule has 1 unspecified atom stereocenters. The highest BCUT2D eigenvalue weighted by Crippen LogP contribution is 2.35. The van der Waals surface area contributed by atoms with E-state index in [4.69, 9.17) is 21.9 Å². The van der Waals surface area contributed by atoms with Crippen LogP contribution in [0.5, 0.6) is 0 Å². The number of hydrogen-bond donors (Lipinski definition) is 3. The summed E-state index contributed by atoms with van der Waals surface area (Å²) in [5.41, 5.74) is 10.1. The van der Waals surface area contributed by atoms with Crippen molar-refractivity contribution < 1.29 is 19.3 Å². The maximum absolute atomic E-state index is 14.2. The topological polar surface area (TPSA) is 141 Å². The molecule has 1 saturated heterocycles. The summed E-state index contributed by atoms with van der Waals surface area (Å²) in [5.74, 6) is -0.337. The molecule has 5 atom stereocenters. The van der Waals surface area contributed by atoms with Crippen LogP contribution in [0.25, 0.3) is 21.5 Å². The third-order valence-electron chi connectivity index (χ3n) is 5.22. The molecule has 0 spiro atoms. The number of aliphatic hydroxyl groups excluding tert-OH is 2. The third kappa shape index (κ3) is 3.89. The lowest BCUT2D eigenvalue weighted by Crippen LogP contribution is -2.31. The second kappa shape index (κ2) is 8.66. The number of pyridine rings is 1. The van der Waals surface area contributed by atoms with E-state index >= 15 is 0 Å². The number of aliphatic hydroxyl groups is 2. The molecule has 3 N–H and O–H groups in total. The number of aromatic nitrogens is 3. The Morgan fingerprint density at radius 2 is 2.23 bits per heavy atom. The summed E-state index contributed by atoms with van der Waals surface area (Å²) in [7, 11) is 0. The normalized spacial score (nSPS) is 24.2. The SMILES string of the molecule is CC(Nc1cc(Cl)nc2c1cnn2[C@@H]1O[C@H](CO)[C@@H](N=[N+]=[N-])[C@H]1O)c1ccccc1F. The van der Waals surface area contributed by atoms with Gasteiger partial charge in [0.05, 0.1) is 42.1 Å². The van der Waals surface area contributed by atoms with Crippen LogP contribution in [0, 0.1) is 5.82 Å². The Morgan fingerprint density at radius 1 is 1.45 bits per heavy atom. The minimum absolute atomic E-state index is 0.148. The minimum atomic E-state index is -1.26. The van der Waals surface area contributed by atoms with Gasteiger partial charge in [0.15, 0.2) is 11.9 Å². The predicted octanol–water partition coefficient (Wildman–Crippen LogP) is 3.33. The number of halogens is 2. The summed E-state index contributed by atoms with van der Waals surface area (Å²) in [4.78, 5) is 7.00. The average molecular weight is 448 g/mol. The van der Waals surface area contributed by atoms with Gasteiger partial charge in [-0.25, -0.2) is 14.1 Å². The van der Waals surface area contributed by atoms with E-state index in [0.29, 0.717) is 22.3 Å². The molecule has 162 valence electrons. The van der Waals surface area contributed by atoms with Gasteiger partial charge >= 0.3 is 0 Å². The fourth-order valence-electron chi connectivity index (χ4n) is 3.71. The van der Waals surface area contributed by atoms with Crippen LogP contribution in [0.4, 0.5) is 10.1 Å². The Bertz CT molecular complexity index is 1150. The van der Waals surface area contributed by atoms with Crippen LogP contribution in [0.15, 0.2) is 41.6 Å². The summed E-state index contributed by atoms with van der Waals surface area (Å²) < 4.78 is 21.2. The van der Waals surface area contributed by atoms with Gasteiger partial charge in [0.2, 0.25) is 0 Å². The maximum atomic E-state index is 14.2. The van der Waals surface area contributed by atoms with Gasteiger partial charge in [-0.2, -0.15) is 5.10 Å². The predicted molar refractivity (Wildman–Crippen MR) is 111 cm³/mol. The fourth-order valence-corrected chi connectivity index (χ4v) is 3.90. The average Bonchev–Trinajstić information content (AvgIpc) is 3.29. The first kappa shape index (κ1) is 21.3. The van der Waals surface area contributed by atoms with E-state index in [1.807, 2.05) is 6.92 Å². The Kier molecular flexibility index (Phi) is 5.94. The Balaban J connectivity index is 1.70. The molecular weight excluding hydrogens is 429 g/mol. The van der Waals surface area contributed by atoms with E-state index < -0.39 is 31.1 Å². The fraction of sp³-hybridized carbons (Fsp3) is 0.368. The highest BCUT2D eigenvalue weighted by molar-refractivity contribution is 6.30.